The third-order valence-electron chi connectivity index (χ3n) is 6.33. The van der Waals surface area contributed by atoms with Crippen LogP contribution in [0.15, 0.2) is 29.6 Å². The number of alkyl halides is 3. The molecule has 1 amide bonds. The van der Waals surface area contributed by atoms with Gasteiger partial charge in [-0.1, -0.05) is 0 Å². The number of thiophene rings is 1. The zero-order valence-corrected chi connectivity index (χ0v) is 26.0. The van der Waals surface area contributed by atoms with Gasteiger partial charge >= 0.3 is 21.7 Å². The van der Waals surface area contributed by atoms with Gasteiger partial charge in [0.15, 0.2) is 0 Å². The Hall–Kier alpha value is -4.03. The van der Waals surface area contributed by atoms with Gasteiger partial charge in [-0.25, -0.2) is 23.8 Å². The van der Waals surface area contributed by atoms with Crippen molar-refractivity contribution in [1.29, 1.82) is 0 Å². The van der Waals surface area contributed by atoms with E-state index in [0.717, 1.165) is 23.5 Å². The predicted molar refractivity (Wildman–Crippen MR) is 154 cm³/mol. The zero-order chi connectivity index (χ0) is 32.7. The third-order valence-corrected chi connectivity index (χ3v) is 8.20. The predicted octanol–water partition coefficient (Wildman–Crippen LogP) is 5.37. The fourth-order valence-corrected chi connectivity index (χ4v) is 5.77. The van der Waals surface area contributed by atoms with Crippen molar-refractivity contribution < 1.29 is 49.2 Å². The number of nitrogens with zero attached hydrogens (tertiary/aromatic N) is 5. The summed E-state index contributed by atoms with van der Waals surface area (Å²) in [4.78, 5) is 22.9. The first kappa shape index (κ1) is 32.4. The van der Waals surface area contributed by atoms with Crippen LogP contribution in [0.1, 0.15) is 26.6 Å². The van der Waals surface area contributed by atoms with Gasteiger partial charge in [-0.15, -0.1) is 16.4 Å². The molecule has 12 nitrogen and oxygen atoms in total. The number of methoxy groups -OCH3 is 1. The molecule has 0 fully saturated rings. The molecule has 0 aliphatic carbocycles. The van der Waals surface area contributed by atoms with Gasteiger partial charge in [0.1, 0.15) is 35.3 Å². The molecule has 5 rings (SSSR count). The van der Waals surface area contributed by atoms with Crippen molar-refractivity contribution in [3.05, 3.63) is 41.3 Å². The molecule has 0 bridgehead atoms. The molecule has 0 spiro atoms. The molecular formula is C27H27F4N5O7S2. The number of carbonyl (C=O) groups excluding carboxylic acids is 1. The van der Waals surface area contributed by atoms with Crippen molar-refractivity contribution in [2.45, 2.75) is 45.0 Å². The minimum atomic E-state index is -6.11. The van der Waals surface area contributed by atoms with Crippen molar-refractivity contribution in [1.82, 2.24) is 24.6 Å². The number of halogens is 4. The Morgan fingerprint density at radius 1 is 1.09 bits per heavy atom. The van der Waals surface area contributed by atoms with Crippen LogP contribution in [0.2, 0.25) is 0 Å². The molecular weight excluding hydrogens is 646 g/mol. The Morgan fingerprint density at radius 3 is 2.53 bits per heavy atom. The van der Waals surface area contributed by atoms with Crippen LogP contribution in [-0.2, 0) is 32.7 Å². The maximum Gasteiger partial charge on any atom is 0.534 e. The topological polar surface area (TPSA) is 135 Å². The number of pyridine rings is 1. The summed E-state index contributed by atoms with van der Waals surface area (Å²) < 4.78 is 101. The Labute approximate surface area is 258 Å². The van der Waals surface area contributed by atoms with Crippen molar-refractivity contribution in [2.75, 3.05) is 26.9 Å². The second kappa shape index (κ2) is 12.1. The molecule has 0 atom stereocenters. The van der Waals surface area contributed by atoms with E-state index in [0.29, 0.717) is 5.82 Å². The summed E-state index contributed by atoms with van der Waals surface area (Å²) in [5.74, 6) is -1.22. The van der Waals surface area contributed by atoms with Gasteiger partial charge in [-0.3, -0.25) is 4.90 Å². The highest BCUT2D eigenvalue weighted by molar-refractivity contribution is 7.88. The molecule has 45 heavy (non-hydrogen) atoms. The summed E-state index contributed by atoms with van der Waals surface area (Å²) in [6, 6.07) is 5.02. The minimum Gasteiger partial charge on any atom is -0.490 e. The summed E-state index contributed by atoms with van der Waals surface area (Å²) in [5, 5.41) is 5.93. The molecule has 242 valence electrons. The van der Waals surface area contributed by atoms with Crippen LogP contribution in [0.4, 0.5) is 22.4 Å². The zero-order valence-electron chi connectivity index (χ0n) is 24.3. The molecule has 3 aromatic heterocycles. The third kappa shape index (κ3) is 6.81. The number of hydrogen-bond donors (Lipinski definition) is 0. The van der Waals surface area contributed by atoms with Crippen LogP contribution >= 0.6 is 11.3 Å². The molecule has 4 heterocycles. The number of hydrogen-bond acceptors (Lipinski definition) is 11. The second-order valence-electron chi connectivity index (χ2n) is 10.7. The van der Waals surface area contributed by atoms with Crippen LogP contribution in [0.3, 0.4) is 0 Å². The number of benzene rings is 1. The monoisotopic (exact) mass is 673 g/mol. The second-order valence-corrected chi connectivity index (χ2v) is 13.2. The fraction of sp³-hybridized carbons (Fsp3) is 0.407. The number of fused-ring (bicyclic) bond motifs is 2. The first-order chi connectivity index (χ1) is 21.1. The molecule has 0 unspecified atom stereocenters. The number of aromatic nitrogens is 4. The van der Waals surface area contributed by atoms with Gasteiger partial charge in [0.05, 0.1) is 25.1 Å². The van der Waals surface area contributed by atoms with E-state index < -0.39 is 39.0 Å². The van der Waals surface area contributed by atoms with E-state index in [9.17, 15) is 30.8 Å². The van der Waals surface area contributed by atoms with Gasteiger partial charge in [0, 0.05) is 35.5 Å². The molecule has 1 aromatic carbocycles. The van der Waals surface area contributed by atoms with Gasteiger partial charge in [-0.05, 0) is 44.4 Å². The van der Waals surface area contributed by atoms with E-state index in [1.807, 2.05) is 0 Å². The summed E-state index contributed by atoms with van der Waals surface area (Å²) in [5.41, 5.74) is -6.13. The molecule has 0 N–H and O–H groups in total. The Bertz CT molecular complexity index is 1850. The summed E-state index contributed by atoms with van der Waals surface area (Å²) >= 11 is 1.05. The lowest BCUT2D eigenvalue weighted by Crippen LogP contribution is -2.41. The number of ether oxygens (including phenoxy) is 3. The molecule has 1 aliphatic rings. The Kier molecular flexibility index (Phi) is 8.67. The summed E-state index contributed by atoms with van der Waals surface area (Å²) in [6.07, 6.45) is -0.575. The molecule has 0 saturated carbocycles. The SMILES string of the molecule is COCCOc1cc(F)ccc1-c1c(-c2nc3n(n2)CCN(C(=O)OC(C)(C)C)C3)nc(OS(=O)(=O)C(F)(F)F)c2ccsc12. The van der Waals surface area contributed by atoms with Gasteiger partial charge < -0.3 is 18.4 Å². The van der Waals surface area contributed by atoms with Crippen LogP contribution in [0.5, 0.6) is 11.6 Å². The lowest BCUT2D eigenvalue weighted by atomic mass is 10.0. The van der Waals surface area contributed by atoms with Crippen molar-refractivity contribution in [2.24, 2.45) is 0 Å². The molecule has 0 radical (unpaired) electrons. The van der Waals surface area contributed by atoms with Crippen LogP contribution < -0.4 is 8.92 Å². The average Bonchev–Trinajstić information content (AvgIpc) is 3.59. The molecule has 1 aliphatic heterocycles. The van der Waals surface area contributed by atoms with E-state index in [1.54, 1.807) is 20.8 Å². The number of carbonyl (C=O) groups is 1. The van der Waals surface area contributed by atoms with Crippen molar-refractivity contribution >= 4 is 37.6 Å². The summed E-state index contributed by atoms with van der Waals surface area (Å²) in [6.45, 7) is 5.80. The molecule has 18 heteroatoms. The Balaban J connectivity index is 1.69. The Morgan fingerprint density at radius 2 is 1.84 bits per heavy atom. The lowest BCUT2D eigenvalue weighted by Gasteiger charge is -2.29. The van der Waals surface area contributed by atoms with E-state index in [-0.39, 0.29) is 71.3 Å². The van der Waals surface area contributed by atoms with E-state index in [2.05, 4.69) is 19.2 Å². The number of rotatable bonds is 8. The highest BCUT2D eigenvalue weighted by atomic mass is 32.2. The maximum atomic E-state index is 14.4. The molecule has 4 aromatic rings. The van der Waals surface area contributed by atoms with Gasteiger partial charge in [0.25, 0.3) is 0 Å². The normalized spacial score (nSPS) is 14.0. The van der Waals surface area contributed by atoms with Crippen molar-refractivity contribution in [3.8, 4) is 34.3 Å². The highest BCUT2D eigenvalue weighted by Crippen LogP contribution is 2.46. The minimum absolute atomic E-state index is 0.00771. The van der Waals surface area contributed by atoms with E-state index >= 15 is 0 Å². The fourth-order valence-electron chi connectivity index (χ4n) is 4.40. The summed E-state index contributed by atoms with van der Waals surface area (Å²) in [7, 11) is -4.65. The molecule has 0 saturated heterocycles. The van der Waals surface area contributed by atoms with Crippen molar-refractivity contribution in [3.63, 3.8) is 0 Å². The lowest BCUT2D eigenvalue weighted by molar-refractivity contribution is -0.0500. The van der Waals surface area contributed by atoms with Gasteiger partial charge in [0.2, 0.25) is 11.7 Å². The quantitative estimate of drug-likeness (QED) is 0.104. The maximum absolute atomic E-state index is 14.4. The number of amides is 1. The van der Waals surface area contributed by atoms with E-state index in [4.69, 9.17) is 14.2 Å². The van der Waals surface area contributed by atoms with Crippen LogP contribution in [0.25, 0.3) is 32.7 Å². The first-order valence-electron chi connectivity index (χ1n) is 13.3. The standard InChI is InChI=1S/C27H27F4N5O7S2/c1-26(2,3)42-25(37)35-8-9-36-19(14-35)32-23(34-36)21-20(16-6-5-15(28)13-18(16)41-11-10-40-4)22-17(7-12-44-22)24(33-21)43-45(38,39)27(29,30)31/h5-7,12-13H,8-11,14H2,1-4H3. The van der Waals surface area contributed by atoms with Crippen LogP contribution in [0, 0.1) is 5.82 Å². The largest absolute Gasteiger partial charge is 0.534 e. The smallest absolute Gasteiger partial charge is 0.490 e. The highest BCUT2D eigenvalue weighted by Gasteiger charge is 2.49. The average molecular weight is 674 g/mol. The van der Waals surface area contributed by atoms with Crippen LogP contribution in [-0.4, -0.2) is 77.1 Å². The van der Waals surface area contributed by atoms with Gasteiger partial charge in [-0.2, -0.15) is 21.6 Å². The first-order valence-corrected chi connectivity index (χ1v) is 15.6. The van der Waals surface area contributed by atoms with E-state index in [1.165, 1.54) is 34.2 Å².